The molecule has 0 spiro atoms. The quantitative estimate of drug-likeness (QED) is 0.623. The van der Waals surface area contributed by atoms with Gasteiger partial charge < -0.3 is 5.11 Å². The average molecular weight is 231 g/mol. The third kappa shape index (κ3) is 3.33. The molecule has 1 aromatic rings. The summed E-state index contributed by atoms with van der Waals surface area (Å²) < 4.78 is 0. The van der Waals surface area contributed by atoms with Gasteiger partial charge in [0.2, 0.25) is 0 Å². The van der Waals surface area contributed by atoms with Crippen LogP contribution in [0.2, 0.25) is 5.02 Å². The maximum Gasteiger partial charge on any atom is 0.174 e. The van der Waals surface area contributed by atoms with Gasteiger partial charge in [-0.2, -0.15) is 11.8 Å². The van der Waals surface area contributed by atoms with E-state index in [1.165, 1.54) is 11.8 Å². The predicted octanol–water partition coefficient (Wildman–Crippen LogP) is 2.25. The number of carbonyl (C=O) groups excluding carboxylic acids is 1. The molecule has 2 nitrogen and oxygen atoms in total. The molecular formula is C10H11ClO2S. The molecule has 0 aliphatic carbocycles. The number of rotatable bonds is 5. The van der Waals surface area contributed by atoms with Crippen molar-refractivity contribution < 1.29 is 9.90 Å². The van der Waals surface area contributed by atoms with Crippen LogP contribution in [0.15, 0.2) is 24.3 Å². The highest BCUT2D eigenvalue weighted by molar-refractivity contribution is 8.00. The molecule has 0 radical (unpaired) electrons. The van der Waals surface area contributed by atoms with Crippen molar-refractivity contribution in [1.82, 2.24) is 0 Å². The smallest absolute Gasteiger partial charge is 0.174 e. The summed E-state index contributed by atoms with van der Waals surface area (Å²) in [5.74, 6) is 0.953. The molecule has 1 aromatic carbocycles. The first-order chi connectivity index (χ1) is 6.75. The van der Waals surface area contributed by atoms with Gasteiger partial charge in [0.15, 0.2) is 5.78 Å². The number of thioether (sulfide) groups is 1. The summed E-state index contributed by atoms with van der Waals surface area (Å²) in [5, 5.41) is 9.03. The van der Waals surface area contributed by atoms with Crippen molar-refractivity contribution in [2.75, 3.05) is 18.1 Å². The first-order valence-corrected chi connectivity index (χ1v) is 5.75. The van der Waals surface area contributed by atoms with Crippen LogP contribution in [-0.2, 0) is 0 Å². The van der Waals surface area contributed by atoms with Crippen LogP contribution in [0.25, 0.3) is 0 Å². The topological polar surface area (TPSA) is 37.3 Å². The number of Topliss-reactive ketones (excluding diaryl/α,β-unsaturated/α-hetero) is 1. The molecule has 0 unspecified atom stereocenters. The molecule has 0 bridgehead atoms. The number of aliphatic hydroxyl groups is 1. The first kappa shape index (κ1) is 11.6. The van der Waals surface area contributed by atoms with Crippen molar-refractivity contribution in [1.29, 1.82) is 0 Å². The number of ketones is 1. The summed E-state index contributed by atoms with van der Waals surface area (Å²) in [6.07, 6.45) is 0. The standard InChI is InChI=1S/C10H11ClO2S/c11-9-4-2-1-3-8(9)10(13)7-14-6-5-12/h1-4,12H,5-7H2. The molecule has 1 rings (SSSR count). The summed E-state index contributed by atoms with van der Waals surface area (Å²) in [4.78, 5) is 11.6. The Morgan fingerprint density at radius 2 is 2.14 bits per heavy atom. The Kier molecular flexibility index (Phi) is 5.01. The maximum atomic E-state index is 11.6. The molecule has 0 heterocycles. The highest BCUT2D eigenvalue weighted by Gasteiger charge is 2.08. The van der Waals surface area contributed by atoms with Crippen molar-refractivity contribution in [2.24, 2.45) is 0 Å². The van der Waals surface area contributed by atoms with Gasteiger partial charge in [0, 0.05) is 11.3 Å². The Bertz CT molecular complexity index is 315. The Morgan fingerprint density at radius 1 is 1.43 bits per heavy atom. The maximum absolute atomic E-state index is 11.6. The fourth-order valence-corrected chi connectivity index (χ4v) is 1.85. The van der Waals surface area contributed by atoms with Gasteiger partial charge in [0.05, 0.1) is 17.4 Å². The van der Waals surface area contributed by atoms with Gasteiger partial charge in [-0.15, -0.1) is 0 Å². The lowest BCUT2D eigenvalue weighted by atomic mass is 10.1. The lowest BCUT2D eigenvalue weighted by molar-refractivity contribution is 0.102. The number of aliphatic hydroxyl groups excluding tert-OH is 1. The van der Waals surface area contributed by atoms with E-state index in [4.69, 9.17) is 16.7 Å². The van der Waals surface area contributed by atoms with Gasteiger partial charge in [-0.25, -0.2) is 0 Å². The van der Waals surface area contributed by atoms with Gasteiger partial charge in [-0.3, -0.25) is 4.79 Å². The minimum absolute atomic E-state index is 0.00838. The lowest BCUT2D eigenvalue weighted by Gasteiger charge is -2.01. The largest absolute Gasteiger partial charge is 0.396 e. The number of halogens is 1. The average Bonchev–Trinajstić information content (AvgIpc) is 2.18. The van der Waals surface area contributed by atoms with E-state index in [-0.39, 0.29) is 12.4 Å². The summed E-state index contributed by atoms with van der Waals surface area (Å²) in [6.45, 7) is 0.0977. The Labute approximate surface area is 92.3 Å². The van der Waals surface area contributed by atoms with Gasteiger partial charge in [0.25, 0.3) is 0 Å². The molecule has 0 aromatic heterocycles. The van der Waals surface area contributed by atoms with Crippen LogP contribution in [0.5, 0.6) is 0 Å². The van der Waals surface area contributed by atoms with Crippen LogP contribution in [0.4, 0.5) is 0 Å². The minimum Gasteiger partial charge on any atom is -0.396 e. The van der Waals surface area contributed by atoms with Crippen LogP contribution in [0.1, 0.15) is 10.4 Å². The van der Waals surface area contributed by atoms with E-state index in [0.29, 0.717) is 22.1 Å². The molecule has 1 N–H and O–H groups in total. The highest BCUT2D eigenvalue weighted by atomic mass is 35.5. The van der Waals surface area contributed by atoms with Crippen LogP contribution in [0, 0.1) is 0 Å². The zero-order valence-corrected chi connectivity index (χ0v) is 9.14. The Hall–Kier alpha value is -0.510. The predicted molar refractivity (Wildman–Crippen MR) is 60.2 cm³/mol. The van der Waals surface area contributed by atoms with E-state index < -0.39 is 0 Å². The number of carbonyl (C=O) groups is 1. The molecule has 0 fully saturated rings. The highest BCUT2D eigenvalue weighted by Crippen LogP contribution is 2.17. The molecule has 0 saturated heterocycles. The second-order valence-corrected chi connectivity index (χ2v) is 4.19. The van der Waals surface area contributed by atoms with Crippen molar-refractivity contribution in [2.45, 2.75) is 0 Å². The molecule has 0 atom stereocenters. The van der Waals surface area contributed by atoms with Crippen LogP contribution in [-0.4, -0.2) is 29.0 Å². The van der Waals surface area contributed by atoms with Gasteiger partial charge in [0.1, 0.15) is 0 Å². The molecule has 76 valence electrons. The van der Waals surface area contributed by atoms with Gasteiger partial charge in [-0.1, -0.05) is 23.7 Å². The summed E-state index contributed by atoms with van der Waals surface area (Å²) in [7, 11) is 0. The van der Waals surface area contributed by atoms with Gasteiger partial charge in [-0.05, 0) is 12.1 Å². The molecule has 0 aliphatic heterocycles. The van der Waals surface area contributed by atoms with Crippen molar-refractivity contribution in [3.05, 3.63) is 34.9 Å². The van der Waals surface area contributed by atoms with Crippen LogP contribution >= 0.6 is 23.4 Å². The number of benzene rings is 1. The molecule has 0 aliphatic rings. The zero-order valence-electron chi connectivity index (χ0n) is 7.57. The van der Waals surface area contributed by atoms with Crippen molar-refractivity contribution in [3.8, 4) is 0 Å². The summed E-state index contributed by atoms with van der Waals surface area (Å²) >= 11 is 7.26. The SMILES string of the molecule is O=C(CSCCO)c1ccccc1Cl. The van der Waals surface area contributed by atoms with E-state index in [2.05, 4.69) is 0 Å². The molecule has 4 heteroatoms. The second-order valence-electron chi connectivity index (χ2n) is 2.68. The monoisotopic (exact) mass is 230 g/mol. The first-order valence-electron chi connectivity index (χ1n) is 4.22. The van der Waals surface area contributed by atoms with Crippen LogP contribution < -0.4 is 0 Å². The van der Waals surface area contributed by atoms with Crippen molar-refractivity contribution >= 4 is 29.1 Å². The molecule has 14 heavy (non-hydrogen) atoms. The molecule has 0 saturated carbocycles. The van der Waals surface area contributed by atoms with E-state index in [1.807, 2.05) is 0 Å². The fraction of sp³-hybridized carbons (Fsp3) is 0.300. The summed E-state index contributed by atoms with van der Waals surface area (Å²) in [5.41, 5.74) is 0.555. The number of hydrogen-bond donors (Lipinski definition) is 1. The normalized spacial score (nSPS) is 10.1. The molecule has 0 amide bonds. The van der Waals surface area contributed by atoms with Crippen LogP contribution in [0.3, 0.4) is 0 Å². The van der Waals surface area contributed by atoms with Crippen molar-refractivity contribution in [3.63, 3.8) is 0 Å². The Balaban J connectivity index is 2.56. The van der Waals surface area contributed by atoms with E-state index in [1.54, 1.807) is 24.3 Å². The third-order valence-corrected chi connectivity index (χ3v) is 2.91. The van der Waals surface area contributed by atoms with Gasteiger partial charge >= 0.3 is 0 Å². The fourth-order valence-electron chi connectivity index (χ4n) is 0.995. The Morgan fingerprint density at radius 3 is 2.79 bits per heavy atom. The zero-order chi connectivity index (χ0) is 10.4. The summed E-state index contributed by atoms with van der Waals surface area (Å²) in [6, 6.07) is 6.99. The van der Waals surface area contributed by atoms with E-state index in [9.17, 15) is 4.79 Å². The third-order valence-electron chi connectivity index (χ3n) is 1.64. The second kappa shape index (κ2) is 6.06. The lowest BCUT2D eigenvalue weighted by Crippen LogP contribution is -2.04. The minimum atomic E-state index is 0.00838. The van der Waals surface area contributed by atoms with E-state index >= 15 is 0 Å². The van der Waals surface area contributed by atoms with E-state index in [0.717, 1.165) is 0 Å². The number of hydrogen-bond acceptors (Lipinski definition) is 3. The molecular weight excluding hydrogens is 220 g/mol.